The van der Waals surface area contributed by atoms with E-state index in [0.29, 0.717) is 33.3 Å². The molecule has 1 unspecified atom stereocenters. The Morgan fingerprint density at radius 1 is 1.28 bits per heavy atom. The van der Waals surface area contributed by atoms with Crippen LogP contribution in [-0.2, 0) is 9.09 Å². The van der Waals surface area contributed by atoms with Crippen LogP contribution < -0.4 is 4.74 Å². The SMILES string of the molecule is COc1ccc(C#N)cc1/C=C(\C#N)c1cn(C(=O)CCO[P+](=O)O)c2ccc(Br)cc12. The summed E-state index contributed by atoms with van der Waals surface area (Å²) in [6.07, 6.45) is 3.03. The topological polar surface area (TPSA) is 125 Å². The third kappa shape index (κ3) is 5.11. The Bertz CT molecular complexity index is 1330. The lowest BCUT2D eigenvalue weighted by atomic mass is 10.0. The number of carbonyl (C=O) groups excluding carboxylic acids is 1. The van der Waals surface area contributed by atoms with Gasteiger partial charge in [0.1, 0.15) is 12.4 Å². The van der Waals surface area contributed by atoms with Gasteiger partial charge in [-0.2, -0.15) is 10.5 Å². The molecule has 0 bridgehead atoms. The molecule has 0 spiro atoms. The number of nitrogens with zero attached hydrogens (tertiary/aromatic N) is 3. The highest BCUT2D eigenvalue weighted by Gasteiger charge is 2.19. The fraction of sp³-hybridized carbons (Fsp3) is 0.136. The summed E-state index contributed by atoms with van der Waals surface area (Å²) in [4.78, 5) is 21.5. The van der Waals surface area contributed by atoms with Crippen molar-refractivity contribution in [3.63, 3.8) is 0 Å². The standard InChI is InChI=1S/C22H15BrN3O5P/c1-30-21-5-2-14(11-24)8-15(21)9-16(12-25)19-13-26(22(27)6-7-31-32(28)29)20-4-3-17(23)10-18(19)20/h2-5,8-10,13H,6-7H2,1H3/p+1/b16-9+. The molecular formula is C22H16BrN3O5P+. The monoisotopic (exact) mass is 512 g/mol. The maximum atomic E-state index is 12.7. The molecule has 1 heterocycles. The normalized spacial score (nSPS) is 11.7. The van der Waals surface area contributed by atoms with Crippen molar-refractivity contribution in [2.24, 2.45) is 0 Å². The quantitative estimate of drug-likeness (QED) is 0.346. The number of nitriles is 2. The van der Waals surface area contributed by atoms with Crippen molar-refractivity contribution in [1.29, 1.82) is 10.5 Å². The van der Waals surface area contributed by atoms with Crippen LogP contribution in [0, 0.1) is 22.7 Å². The molecule has 0 saturated carbocycles. The average molecular weight is 513 g/mol. The van der Waals surface area contributed by atoms with Gasteiger partial charge < -0.3 is 4.74 Å². The second-order valence-corrected chi connectivity index (χ2v) is 8.18. The summed E-state index contributed by atoms with van der Waals surface area (Å²) in [7, 11) is -1.29. The molecule has 3 aromatic rings. The summed E-state index contributed by atoms with van der Waals surface area (Å²) in [6.45, 7) is -0.213. The van der Waals surface area contributed by atoms with E-state index >= 15 is 0 Å². The van der Waals surface area contributed by atoms with Crippen LogP contribution in [0.2, 0.25) is 0 Å². The van der Waals surface area contributed by atoms with E-state index < -0.39 is 8.25 Å². The van der Waals surface area contributed by atoms with Crippen LogP contribution in [0.15, 0.2) is 47.1 Å². The van der Waals surface area contributed by atoms with Crippen LogP contribution in [0.25, 0.3) is 22.6 Å². The number of aromatic nitrogens is 1. The first kappa shape index (κ1) is 23.3. The summed E-state index contributed by atoms with van der Waals surface area (Å²) >= 11 is 3.42. The van der Waals surface area contributed by atoms with Crippen LogP contribution in [0.1, 0.15) is 27.9 Å². The fourth-order valence-electron chi connectivity index (χ4n) is 3.20. The number of benzene rings is 2. The van der Waals surface area contributed by atoms with Gasteiger partial charge in [-0.25, -0.2) is 0 Å². The minimum atomic E-state index is -2.79. The third-order valence-electron chi connectivity index (χ3n) is 4.62. The molecule has 1 aromatic heterocycles. The van der Waals surface area contributed by atoms with Gasteiger partial charge in [-0.3, -0.25) is 9.36 Å². The predicted molar refractivity (Wildman–Crippen MR) is 122 cm³/mol. The Labute approximate surface area is 193 Å². The van der Waals surface area contributed by atoms with Crippen LogP contribution in [-0.4, -0.2) is 29.1 Å². The van der Waals surface area contributed by atoms with Gasteiger partial charge >= 0.3 is 8.25 Å². The Morgan fingerprint density at radius 2 is 2.06 bits per heavy atom. The lowest BCUT2D eigenvalue weighted by Gasteiger charge is -2.06. The third-order valence-corrected chi connectivity index (χ3v) is 5.52. The largest absolute Gasteiger partial charge is 0.694 e. The lowest BCUT2D eigenvalue weighted by Crippen LogP contribution is -2.11. The molecular weight excluding hydrogens is 497 g/mol. The molecule has 2 aromatic carbocycles. The van der Waals surface area contributed by atoms with Gasteiger partial charge in [0.15, 0.2) is 0 Å². The first-order valence-corrected chi connectivity index (χ1v) is 11.1. The van der Waals surface area contributed by atoms with Gasteiger partial charge in [-0.15, -0.1) is 9.42 Å². The molecule has 0 fully saturated rings. The van der Waals surface area contributed by atoms with E-state index in [1.807, 2.05) is 0 Å². The molecule has 0 saturated heterocycles. The molecule has 0 amide bonds. The van der Waals surface area contributed by atoms with Gasteiger partial charge in [0.05, 0.1) is 42.3 Å². The number of hydrogen-bond acceptors (Lipinski definition) is 6. The van der Waals surface area contributed by atoms with Crippen molar-refractivity contribution in [1.82, 2.24) is 4.57 Å². The summed E-state index contributed by atoms with van der Waals surface area (Å²) < 4.78 is 22.8. The fourth-order valence-corrected chi connectivity index (χ4v) is 3.81. The van der Waals surface area contributed by atoms with E-state index in [9.17, 15) is 19.9 Å². The van der Waals surface area contributed by atoms with E-state index in [1.165, 1.54) is 11.7 Å². The molecule has 3 rings (SSSR count). The molecule has 32 heavy (non-hydrogen) atoms. The Morgan fingerprint density at radius 3 is 2.72 bits per heavy atom. The molecule has 0 radical (unpaired) electrons. The second kappa shape index (κ2) is 10.3. The van der Waals surface area contributed by atoms with E-state index in [1.54, 1.807) is 48.7 Å². The van der Waals surface area contributed by atoms with Crippen LogP contribution >= 0.6 is 24.2 Å². The summed E-state index contributed by atoms with van der Waals surface area (Å²) in [6, 6.07) is 14.4. The zero-order valence-electron chi connectivity index (χ0n) is 16.8. The molecule has 1 atom stereocenters. The number of rotatable bonds is 7. The highest BCUT2D eigenvalue weighted by atomic mass is 79.9. The second-order valence-electron chi connectivity index (χ2n) is 6.53. The van der Waals surface area contributed by atoms with Crippen molar-refractivity contribution in [2.45, 2.75) is 6.42 Å². The number of ether oxygens (including phenoxy) is 1. The van der Waals surface area contributed by atoms with Gasteiger partial charge in [0.2, 0.25) is 5.91 Å². The molecule has 8 nitrogen and oxygen atoms in total. The smallest absolute Gasteiger partial charge is 0.496 e. The predicted octanol–water partition coefficient (Wildman–Crippen LogP) is 5.04. The van der Waals surface area contributed by atoms with Crippen LogP contribution in [0.3, 0.4) is 0 Å². The number of allylic oxidation sites excluding steroid dienone is 1. The van der Waals surface area contributed by atoms with E-state index in [4.69, 9.17) is 9.63 Å². The molecule has 1 N–H and O–H groups in total. The van der Waals surface area contributed by atoms with Crippen molar-refractivity contribution in [2.75, 3.05) is 13.7 Å². The van der Waals surface area contributed by atoms with Crippen molar-refractivity contribution >= 4 is 52.6 Å². The highest BCUT2D eigenvalue weighted by molar-refractivity contribution is 9.10. The maximum Gasteiger partial charge on any atom is 0.694 e. The van der Waals surface area contributed by atoms with Crippen molar-refractivity contribution in [3.05, 3.63) is 63.8 Å². The lowest BCUT2D eigenvalue weighted by molar-refractivity contribution is 0.0886. The molecule has 160 valence electrons. The Hall–Kier alpha value is -3.33. The van der Waals surface area contributed by atoms with Crippen LogP contribution in [0.4, 0.5) is 0 Å². The molecule has 0 aliphatic rings. The highest BCUT2D eigenvalue weighted by Crippen LogP contribution is 2.33. The molecule has 0 aliphatic carbocycles. The number of hydrogen-bond donors (Lipinski definition) is 1. The van der Waals surface area contributed by atoms with E-state index in [2.05, 4.69) is 32.6 Å². The van der Waals surface area contributed by atoms with E-state index in [0.717, 1.165) is 4.47 Å². The Kier molecular flexibility index (Phi) is 7.53. The van der Waals surface area contributed by atoms with Gasteiger partial charge in [0.25, 0.3) is 0 Å². The van der Waals surface area contributed by atoms with Crippen molar-refractivity contribution < 1.29 is 23.5 Å². The Balaban J connectivity index is 2.13. The molecule has 10 heteroatoms. The number of methoxy groups -OCH3 is 1. The number of fused-ring (bicyclic) bond motifs is 1. The molecule has 0 aliphatic heterocycles. The summed E-state index contributed by atoms with van der Waals surface area (Å²) in [5.74, 6) is 0.134. The maximum absolute atomic E-state index is 12.7. The van der Waals surface area contributed by atoms with Gasteiger partial charge in [-0.1, -0.05) is 15.9 Å². The van der Waals surface area contributed by atoms with Crippen molar-refractivity contribution in [3.8, 4) is 17.9 Å². The zero-order chi connectivity index (χ0) is 23.3. The minimum absolute atomic E-state index is 0.120. The first-order chi connectivity index (χ1) is 15.4. The van der Waals surface area contributed by atoms with E-state index in [-0.39, 0.29) is 24.5 Å². The van der Waals surface area contributed by atoms with Crippen LogP contribution in [0.5, 0.6) is 5.75 Å². The van der Waals surface area contributed by atoms with Gasteiger partial charge in [0, 0.05) is 31.7 Å². The number of carbonyl (C=O) groups is 1. The average Bonchev–Trinajstić information content (AvgIpc) is 3.15. The minimum Gasteiger partial charge on any atom is -0.496 e. The summed E-state index contributed by atoms with van der Waals surface area (Å²) in [5.41, 5.74) is 2.31. The van der Waals surface area contributed by atoms with Gasteiger partial charge in [-0.05, 0) is 42.5 Å². The zero-order valence-corrected chi connectivity index (χ0v) is 19.3. The first-order valence-electron chi connectivity index (χ1n) is 9.21. The summed E-state index contributed by atoms with van der Waals surface area (Å²) in [5, 5.41) is 19.8. The number of halogens is 1.